The molecule has 0 amide bonds. The van der Waals surface area contributed by atoms with Crippen molar-refractivity contribution >= 4 is 17.4 Å². The first kappa shape index (κ1) is 11.8. The molecule has 0 saturated carbocycles. The lowest BCUT2D eigenvalue weighted by molar-refractivity contribution is -0.120. The van der Waals surface area contributed by atoms with E-state index in [4.69, 9.17) is 0 Å². The molecule has 5 nitrogen and oxygen atoms in total. The van der Waals surface area contributed by atoms with Gasteiger partial charge in [0.1, 0.15) is 23.7 Å². The number of nitrogens with zero attached hydrogens (tertiary/aromatic N) is 4. The van der Waals surface area contributed by atoms with Crippen LogP contribution in [0.5, 0.6) is 0 Å². The Morgan fingerprint density at radius 1 is 1.47 bits per heavy atom. The number of anilines is 2. The molecule has 0 aromatic carbocycles. The van der Waals surface area contributed by atoms with Crippen LogP contribution in [0.4, 0.5) is 11.6 Å². The smallest absolute Gasteiger partial charge is 0.134 e. The average Bonchev–Trinajstić information content (AvgIpc) is 2.78. The number of hydrogen-bond acceptors (Lipinski definition) is 5. The van der Waals surface area contributed by atoms with Gasteiger partial charge in [-0.2, -0.15) is 0 Å². The van der Waals surface area contributed by atoms with Gasteiger partial charge in [-0.1, -0.05) is 0 Å². The van der Waals surface area contributed by atoms with E-state index < -0.39 is 0 Å². The van der Waals surface area contributed by atoms with Crippen molar-refractivity contribution in [3.8, 4) is 0 Å². The molecule has 0 N–H and O–H groups in total. The second-order valence-electron chi connectivity index (χ2n) is 4.67. The van der Waals surface area contributed by atoms with Gasteiger partial charge < -0.3 is 9.80 Å². The van der Waals surface area contributed by atoms with Crippen LogP contribution >= 0.6 is 0 Å². The van der Waals surface area contributed by atoms with Gasteiger partial charge in [0, 0.05) is 39.2 Å². The van der Waals surface area contributed by atoms with Gasteiger partial charge in [-0.15, -0.1) is 0 Å². The van der Waals surface area contributed by atoms with E-state index in [-0.39, 0.29) is 11.7 Å². The number of Topliss-reactive ketones (excluding diaryl/α,β-unsaturated/α-hetero) is 1. The van der Waals surface area contributed by atoms with Crippen molar-refractivity contribution in [2.45, 2.75) is 13.3 Å². The highest BCUT2D eigenvalue weighted by Gasteiger charge is 2.26. The Bertz CT molecular complexity index is 419. The summed E-state index contributed by atoms with van der Waals surface area (Å²) in [7, 11) is 3.91. The molecule has 1 aromatic heterocycles. The molecule has 2 heterocycles. The number of aromatic nitrogens is 2. The largest absolute Gasteiger partial charge is 0.363 e. The molecule has 1 saturated heterocycles. The molecule has 2 rings (SSSR count). The molecule has 17 heavy (non-hydrogen) atoms. The quantitative estimate of drug-likeness (QED) is 0.779. The van der Waals surface area contributed by atoms with Gasteiger partial charge >= 0.3 is 0 Å². The number of carbonyl (C=O) groups excluding carboxylic acids is 1. The van der Waals surface area contributed by atoms with Crippen molar-refractivity contribution in [1.82, 2.24) is 9.97 Å². The van der Waals surface area contributed by atoms with Crippen LogP contribution in [-0.4, -0.2) is 42.9 Å². The molecule has 1 fully saturated rings. The lowest BCUT2D eigenvalue weighted by Crippen LogP contribution is -2.23. The molecule has 5 heteroatoms. The van der Waals surface area contributed by atoms with E-state index in [0.29, 0.717) is 0 Å². The number of ketones is 1. The second kappa shape index (κ2) is 4.69. The molecule has 1 aromatic rings. The molecule has 1 aliphatic rings. The van der Waals surface area contributed by atoms with Gasteiger partial charge in [0.05, 0.1) is 0 Å². The predicted molar refractivity (Wildman–Crippen MR) is 67.4 cm³/mol. The van der Waals surface area contributed by atoms with Crippen LogP contribution in [0.3, 0.4) is 0 Å². The Hall–Kier alpha value is -1.65. The highest BCUT2D eigenvalue weighted by molar-refractivity contribution is 5.79. The zero-order valence-corrected chi connectivity index (χ0v) is 10.6. The van der Waals surface area contributed by atoms with E-state index in [0.717, 1.165) is 31.1 Å². The number of rotatable bonds is 3. The summed E-state index contributed by atoms with van der Waals surface area (Å²) in [6.45, 7) is 3.34. The van der Waals surface area contributed by atoms with E-state index in [2.05, 4.69) is 14.9 Å². The Morgan fingerprint density at radius 3 is 2.82 bits per heavy atom. The molecule has 92 valence electrons. The minimum absolute atomic E-state index is 0.160. The van der Waals surface area contributed by atoms with E-state index in [9.17, 15) is 4.79 Å². The zero-order valence-electron chi connectivity index (χ0n) is 10.6. The first-order chi connectivity index (χ1) is 8.08. The summed E-state index contributed by atoms with van der Waals surface area (Å²) in [5.41, 5.74) is 0. The summed E-state index contributed by atoms with van der Waals surface area (Å²) in [5, 5.41) is 0. The summed E-state index contributed by atoms with van der Waals surface area (Å²) in [6.07, 6.45) is 2.50. The lowest BCUT2D eigenvalue weighted by atomic mass is 10.1. The van der Waals surface area contributed by atoms with E-state index in [1.165, 1.54) is 0 Å². The third-order valence-electron chi connectivity index (χ3n) is 3.18. The van der Waals surface area contributed by atoms with Gasteiger partial charge in [-0.25, -0.2) is 9.97 Å². The van der Waals surface area contributed by atoms with Gasteiger partial charge in [0.15, 0.2) is 0 Å². The summed E-state index contributed by atoms with van der Waals surface area (Å²) in [4.78, 5) is 23.9. The van der Waals surface area contributed by atoms with Crippen LogP contribution in [0.25, 0.3) is 0 Å². The normalized spacial score (nSPS) is 19.5. The minimum atomic E-state index is 0.160. The maximum Gasteiger partial charge on any atom is 0.134 e. The van der Waals surface area contributed by atoms with Crippen molar-refractivity contribution < 1.29 is 4.79 Å². The molecular weight excluding hydrogens is 216 g/mol. The van der Waals surface area contributed by atoms with Gasteiger partial charge in [0.25, 0.3) is 0 Å². The van der Waals surface area contributed by atoms with E-state index in [1.807, 2.05) is 25.1 Å². The van der Waals surface area contributed by atoms with Crippen molar-refractivity contribution in [1.29, 1.82) is 0 Å². The Morgan fingerprint density at radius 2 is 2.24 bits per heavy atom. The van der Waals surface area contributed by atoms with Gasteiger partial charge in [-0.3, -0.25) is 4.79 Å². The molecule has 1 aliphatic heterocycles. The van der Waals surface area contributed by atoms with Crippen LogP contribution in [-0.2, 0) is 4.79 Å². The van der Waals surface area contributed by atoms with E-state index in [1.54, 1.807) is 13.3 Å². The maximum absolute atomic E-state index is 11.3. The standard InChI is InChI=1S/C12H18N4O/c1-9(17)10-4-5-16(7-10)12-6-11(15(2)3)13-8-14-12/h6,8,10H,4-5,7H2,1-3H3. The van der Waals surface area contributed by atoms with Crippen molar-refractivity contribution in [2.24, 2.45) is 5.92 Å². The molecule has 0 aliphatic carbocycles. The first-order valence-corrected chi connectivity index (χ1v) is 5.82. The minimum Gasteiger partial charge on any atom is -0.363 e. The molecule has 0 spiro atoms. The number of hydrogen-bond donors (Lipinski definition) is 0. The van der Waals surface area contributed by atoms with Crippen LogP contribution in [0.1, 0.15) is 13.3 Å². The first-order valence-electron chi connectivity index (χ1n) is 5.82. The van der Waals surface area contributed by atoms with Crippen LogP contribution in [0.15, 0.2) is 12.4 Å². The van der Waals surface area contributed by atoms with Crippen molar-refractivity contribution in [3.63, 3.8) is 0 Å². The summed E-state index contributed by atoms with van der Waals surface area (Å²) in [5.74, 6) is 2.23. The van der Waals surface area contributed by atoms with Crippen molar-refractivity contribution in [3.05, 3.63) is 12.4 Å². The van der Waals surface area contributed by atoms with Gasteiger partial charge in [-0.05, 0) is 13.3 Å². The fourth-order valence-corrected chi connectivity index (χ4v) is 2.05. The highest BCUT2D eigenvalue weighted by atomic mass is 16.1. The third kappa shape index (κ3) is 2.54. The zero-order chi connectivity index (χ0) is 12.4. The lowest BCUT2D eigenvalue weighted by Gasteiger charge is -2.19. The SMILES string of the molecule is CC(=O)C1CCN(c2cc(N(C)C)ncn2)C1. The Kier molecular flexibility index (Phi) is 3.26. The van der Waals surface area contributed by atoms with Gasteiger partial charge in [0.2, 0.25) is 0 Å². The van der Waals surface area contributed by atoms with Crippen LogP contribution in [0.2, 0.25) is 0 Å². The summed E-state index contributed by atoms with van der Waals surface area (Å²) < 4.78 is 0. The summed E-state index contributed by atoms with van der Waals surface area (Å²) >= 11 is 0. The molecular formula is C12H18N4O. The fraction of sp³-hybridized carbons (Fsp3) is 0.583. The molecule has 0 radical (unpaired) electrons. The highest BCUT2D eigenvalue weighted by Crippen LogP contribution is 2.24. The monoisotopic (exact) mass is 234 g/mol. The average molecular weight is 234 g/mol. The Labute approximate surface area is 101 Å². The topological polar surface area (TPSA) is 49.3 Å². The van der Waals surface area contributed by atoms with Crippen LogP contribution < -0.4 is 9.80 Å². The third-order valence-corrected chi connectivity index (χ3v) is 3.18. The predicted octanol–water partition coefficient (Wildman–Crippen LogP) is 0.958. The van der Waals surface area contributed by atoms with Crippen molar-refractivity contribution in [2.75, 3.05) is 37.0 Å². The molecule has 0 bridgehead atoms. The maximum atomic E-state index is 11.3. The Balaban J connectivity index is 2.13. The molecule has 1 unspecified atom stereocenters. The van der Waals surface area contributed by atoms with Crippen LogP contribution in [0, 0.1) is 5.92 Å². The van der Waals surface area contributed by atoms with E-state index >= 15 is 0 Å². The molecule has 1 atom stereocenters. The summed E-state index contributed by atoms with van der Waals surface area (Å²) in [6, 6.07) is 1.96. The second-order valence-corrected chi connectivity index (χ2v) is 4.67. The number of carbonyl (C=O) groups is 1. The fourth-order valence-electron chi connectivity index (χ4n) is 2.05.